The van der Waals surface area contributed by atoms with Crippen molar-refractivity contribution < 1.29 is 16.8 Å². The van der Waals surface area contributed by atoms with E-state index in [0.717, 1.165) is 0 Å². The highest BCUT2D eigenvalue weighted by Crippen LogP contribution is 2.31. The molecule has 17 heavy (non-hydrogen) atoms. The zero-order valence-corrected chi connectivity index (χ0v) is 11.0. The third-order valence-electron chi connectivity index (χ3n) is 2.73. The maximum atomic E-state index is 11.9. The number of nitrogens with zero attached hydrogens (tertiary/aromatic N) is 1. The number of benzene rings is 1. The smallest absolute Gasteiger partial charge is 0.234 e. The minimum atomic E-state index is -3.42. The van der Waals surface area contributed by atoms with Gasteiger partial charge in [-0.15, -0.1) is 0 Å². The van der Waals surface area contributed by atoms with Crippen LogP contribution in [0.1, 0.15) is 6.92 Å². The van der Waals surface area contributed by atoms with E-state index in [2.05, 4.69) is 0 Å². The Labute approximate surface area is 101 Å². The quantitative estimate of drug-likeness (QED) is 0.793. The summed E-state index contributed by atoms with van der Waals surface area (Å²) in [5, 5.41) is 0. The Morgan fingerprint density at radius 2 is 1.94 bits per heavy atom. The van der Waals surface area contributed by atoms with Crippen molar-refractivity contribution >= 4 is 25.5 Å². The monoisotopic (exact) mass is 275 g/mol. The van der Waals surface area contributed by atoms with Crippen LogP contribution < -0.4 is 4.31 Å². The second-order valence-corrected chi connectivity index (χ2v) is 8.02. The molecule has 0 atom stereocenters. The van der Waals surface area contributed by atoms with Crippen molar-refractivity contribution in [3.8, 4) is 0 Å². The van der Waals surface area contributed by atoms with Crippen molar-refractivity contribution in [3.63, 3.8) is 0 Å². The second kappa shape index (κ2) is 3.99. The molecule has 0 aromatic heterocycles. The summed E-state index contributed by atoms with van der Waals surface area (Å²) in [5.41, 5.74) is 0.264. The van der Waals surface area contributed by atoms with Crippen molar-refractivity contribution in [3.05, 3.63) is 24.3 Å². The number of sulfone groups is 1. The lowest BCUT2D eigenvalue weighted by atomic mass is 10.3. The summed E-state index contributed by atoms with van der Waals surface area (Å²) < 4.78 is 48.5. The van der Waals surface area contributed by atoms with Crippen LogP contribution in [0, 0.1) is 0 Å². The highest BCUT2D eigenvalue weighted by molar-refractivity contribution is 7.94. The molecule has 0 saturated heterocycles. The minimum absolute atomic E-state index is 0.00444. The predicted molar refractivity (Wildman–Crippen MR) is 65.3 cm³/mol. The van der Waals surface area contributed by atoms with Crippen LogP contribution in [0.5, 0.6) is 0 Å². The Hall–Kier alpha value is -1.08. The molecular formula is C10H13NO4S2. The minimum Gasteiger partial charge on any atom is -0.268 e. The van der Waals surface area contributed by atoms with Crippen LogP contribution in [0.25, 0.3) is 0 Å². The maximum absolute atomic E-state index is 11.9. The number of sulfonamides is 1. The molecule has 0 bridgehead atoms. The van der Waals surface area contributed by atoms with Crippen LogP contribution in [-0.4, -0.2) is 34.9 Å². The number of hydrogen-bond donors (Lipinski definition) is 0. The third kappa shape index (κ3) is 2.04. The van der Waals surface area contributed by atoms with Gasteiger partial charge in [-0.3, -0.25) is 4.31 Å². The van der Waals surface area contributed by atoms with Crippen molar-refractivity contribution in [1.29, 1.82) is 0 Å². The number of para-hydroxylation sites is 1. The summed E-state index contributed by atoms with van der Waals surface area (Å²) in [5.74, 6) is -0.204. The Morgan fingerprint density at radius 1 is 1.29 bits per heavy atom. The molecule has 0 saturated carbocycles. The van der Waals surface area contributed by atoms with E-state index >= 15 is 0 Å². The highest BCUT2D eigenvalue weighted by Gasteiger charge is 2.33. The molecule has 5 nitrogen and oxygen atoms in total. The van der Waals surface area contributed by atoms with Crippen LogP contribution >= 0.6 is 0 Å². The first-order valence-corrected chi connectivity index (χ1v) is 8.47. The molecule has 1 aromatic rings. The summed E-state index contributed by atoms with van der Waals surface area (Å²) in [6, 6.07) is 6.21. The van der Waals surface area contributed by atoms with Gasteiger partial charge < -0.3 is 0 Å². The van der Waals surface area contributed by atoms with Gasteiger partial charge in [0.05, 0.1) is 22.1 Å². The van der Waals surface area contributed by atoms with Gasteiger partial charge in [-0.1, -0.05) is 12.1 Å². The first kappa shape index (κ1) is 12.4. The fraction of sp³-hybridized carbons (Fsp3) is 0.400. The van der Waals surface area contributed by atoms with Gasteiger partial charge in [-0.25, -0.2) is 16.8 Å². The number of rotatable bonds is 2. The van der Waals surface area contributed by atoms with Gasteiger partial charge in [0.15, 0.2) is 9.84 Å². The van der Waals surface area contributed by atoms with Crippen molar-refractivity contribution in [2.75, 3.05) is 22.4 Å². The molecule has 0 aliphatic carbocycles. The molecule has 1 aromatic carbocycles. The van der Waals surface area contributed by atoms with Gasteiger partial charge in [0.2, 0.25) is 10.0 Å². The van der Waals surface area contributed by atoms with Crippen LogP contribution in [0.2, 0.25) is 0 Å². The Morgan fingerprint density at radius 3 is 2.59 bits per heavy atom. The molecular weight excluding hydrogens is 262 g/mol. The molecule has 0 unspecified atom stereocenters. The van der Waals surface area contributed by atoms with Crippen molar-refractivity contribution in [1.82, 2.24) is 0 Å². The molecule has 1 aliphatic heterocycles. The standard InChI is InChI=1S/C10H13NO4S2/c1-2-17(14,15)11-7-8-16(12,13)10-6-4-3-5-9(10)11/h3-6H,2,7-8H2,1H3. The van der Waals surface area contributed by atoms with Crippen LogP contribution in [0.15, 0.2) is 29.2 Å². The SMILES string of the molecule is CCS(=O)(=O)N1CCS(=O)(=O)c2ccccc21. The van der Waals surface area contributed by atoms with Crippen LogP contribution in [0.4, 0.5) is 5.69 Å². The van der Waals surface area contributed by atoms with Crippen molar-refractivity contribution in [2.45, 2.75) is 11.8 Å². The lowest BCUT2D eigenvalue weighted by Gasteiger charge is -2.29. The lowest BCUT2D eigenvalue weighted by Crippen LogP contribution is -2.40. The summed E-state index contributed by atoms with van der Waals surface area (Å²) in [6.07, 6.45) is 0. The fourth-order valence-corrected chi connectivity index (χ4v) is 4.54. The molecule has 0 amide bonds. The van der Waals surface area contributed by atoms with E-state index < -0.39 is 19.9 Å². The van der Waals surface area contributed by atoms with E-state index in [1.807, 2.05) is 0 Å². The van der Waals surface area contributed by atoms with Gasteiger partial charge in [-0.05, 0) is 19.1 Å². The Kier molecular flexibility index (Phi) is 2.90. The van der Waals surface area contributed by atoms with Crippen molar-refractivity contribution in [2.24, 2.45) is 0 Å². The highest BCUT2D eigenvalue weighted by atomic mass is 32.2. The summed E-state index contributed by atoms with van der Waals surface area (Å²) >= 11 is 0. The average molecular weight is 275 g/mol. The summed E-state index contributed by atoms with van der Waals surface area (Å²) in [4.78, 5) is 0.100. The molecule has 1 aliphatic rings. The third-order valence-corrected chi connectivity index (χ3v) is 6.25. The first-order valence-electron chi connectivity index (χ1n) is 5.21. The zero-order chi connectivity index (χ0) is 12.7. The average Bonchev–Trinajstić information content (AvgIpc) is 2.29. The van der Waals surface area contributed by atoms with Crippen LogP contribution in [-0.2, 0) is 19.9 Å². The van der Waals surface area contributed by atoms with Gasteiger partial charge >= 0.3 is 0 Å². The lowest BCUT2D eigenvalue weighted by molar-refractivity contribution is 0.584. The largest absolute Gasteiger partial charge is 0.268 e. The second-order valence-electron chi connectivity index (χ2n) is 3.76. The summed E-state index contributed by atoms with van der Waals surface area (Å²) in [7, 11) is -6.77. The molecule has 1 heterocycles. The zero-order valence-electron chi connectivity index (χ0n) is 9.33. The van der Waals surface area contributed by atoms with Crippen LogP contribution in [0.3, 0.4) is 0 Å². The molecule has 7 heteroatoms. The first-order chi connectivity index (χ1) is 7.88. The Balaban J connectivity index is 2.65. The fourth-order valence-electron chi connectivity index (χ4n) is 1.80. The predicted octanol–water partition coefficient (Wildman–Crippen LogP) is 0.630. The number of fused-ring (bicyclic) bond motifs is 1. The van der Waals surface area contributed by atoms with E-state index in [-0.39, 0.29) is 28.6 Å². The van der Waals surface area contributed by atoms with E-state index in [1.165, 1.54) is 16.4 Å². The van der Waals surface area contributed by atoms with E-state index in [0.29, 0.717) is 0 Å². The van der Waals surface area contributed by atoms with E-state index in [1.54, 1.807) is 19.1 Å². The molecule has 0 spiro atoms. The molecule has 0 radical (unpaired) electrons. The summed E-state index contributed by atoms with van der Waals surface area (Å²) in [6.45, 7) is 1.54. The molecule has 0 fully saturated rings. The van der Waals surface area contributed by atoms with Gasteiger partial charge in [-0.2, -0.15) is 0 Å². The number of hydrogen-bond acceptors (Lipinski definition) is 4. The normalized spacial score (nSPS) is 18.8. The van der Waals surface area contributed by atoms with E-state index in [9.17, 15) is 16.8 Å². The Bertz CT molecular complexity index is 634. The van der Waals surface area contributed by atoms with E-state index in [4.69, 9.17) is 0 Å². The van der Waals surface area contributed by atoms with Gasteiger partial charge in [0.1, 0.15) is 0 Å². The van der Waals surface area contributed by atoms with Gasteiger partial charge in [0, 0.05) is 6.54 Å². The van der Waals surface area contributed by atoms with Gasteiger partial charge in [0.25, 0.3) is 0 Å². The number of anilines is 1. The molecule has 0 N–H and O–H groups in total. The maximum Gasteiger partial charge on any atom is 0.234 e. The topological polar surface area (TPSA) is 71.5 Å². The molecule has 94 valence electrons. The molecule has 2 rings (SSSR count).